The standard InChI is InChI=1S/C13H18O8S/c1-18-6-7-19-8-9-20-10-13(14)21-11-2-4-12(5-3-11)22(15,16)17/h2-5H,6-10H2,1H3,(H,15,16,17). The molecule has 0 fully saturated rings. The molecule has 0 heterocycles. The minimum Gasteiger partial charge on any atom is -0.425 e. The number of hydrogen-bond acceptors (Lipinski definition) is 7. The average molecular weight is 334 g/mol. The molecule has 0 bridgehead atoms. The second-order valence-electron chi connectivity index (χ2n) is 4.08. The van der Waals surface area contributed by atoms with Gasteiger partial charge in [0.2, 0.25) is 0 Å². The molecule has 0 saturated carbocycles. The van der Waals surface area contributed by atoms with Crippen LogP contribution in [-0.2, 0) is 29.1 Å². The van der Waals surface area contributed by atoms with E-state index in [1.54, 1.807) is 7.11 Å². The number of hydrogen-bond donors (Lipinski definition) is 1. The van der Waals surface area contributed by atoms with Crippen molar-refractivity contribution in [3.05, 3.63) is 24.3 Å². The van der Waals surface area contributed by atoms with Gasteiger partial charge in [0.25, 0.3) is 10.1 Å². The van der Waals surface area contributed by atoms with Crippen LogP contribution in [0.3, 0.4) is 0 Å². The Bertz CT molecular complexity index is 552. The molecule has 1 aromatic carbocycles. The van der Waals surface area contributed by atoms with Crippen LogP contribution in [0.1, 0.15) is 0 Å². The molecule has 0 aliphatic carbocycles. The molecule has 0 atom stereocenters. The van der Waals surface area contributed by atoms with Crippen molar-refractivity contribution >= 4 is 16.1 Å². The van der Waals surface area contributed by atoms with Crippen molar-refractivity contribution in [1.29, 1.82) is 0 Å². The number of ether oxygens (including phenoxy) is 4. The van der Waals surface area contributed by atoms with Crippen molar-refractivity contribution in [2.24, 2.45) is 0 Å². The van der Waals surface area contributed by atoms with E-state index in [2.05, 4.69) is 0 Å². The molecular formula is C13H18O8S. The van der Waals surface area contributed by atoms with Crippen LogP contribution >= 0.6 is 0 Å². The zero-order chi connectivity index (χ0) is 16.4. The molecule has 1 N–H and O–H groups in total. The molecule has 0 unspecified atom stereocenters. The van der Waals surface area contributed by atoms with E-state index in [1.165, 1.54) is 12.1 Å². The van der Waals surface area contributed by atoms with Crippen LogP contribution in [0.25, 0.3) is 0 Å². The van der Waals surface area contributed by atoms with E-state index in [1.807, 2.05) is 0 Å². The molecule has 9 heteroatoms. The average Bonchev–Trinajstić information content (AvgIpc) is 2.46. The van der Waals surface area contributed by atoms with E-state index in [4.69, 9.17) is 23.5 Å². The molecule has 0 aliphatic heterocycles. The maximum atomic E-state index is 11.5. The van der Waals surface area contributed by atoms with Gasteiger partial charge in [-0.3, -0.25) is 4.55 Å². The van der Waals surface area contributed by atoms with Crippen LogP contribution < -0.4 is 4.74 Å². The quantitative estimate of drug-likeness (QED) is 0.285. The van der Waals surface area contributed by atoms with Gasteiger partial charge < -0.3 is 18.9 Å². The van der Waals surface area contributed by atoms with Crippen molar-refractivity contribution in [2.45, 2.75) is 4.90 Å². The Kier molecular flexibility index (Phi) is 7.99. The van der Waals surface area contributed by atoms with Gasteiger partial charge in [-0.2, -0.15) is 8.42 Å². The topological polar surface area (TPSA) is 108 Å². The lowest BCUT2D eigenvalue weighted by Crippen LogP contribution is -2.18. The maximum absolute atomic E-state index is 11.5. The van der Waals surface area contributed by atoms with Gasteiger partial charge in [0.15, 0.2) is 0 Å². The molecule has 1 rings (SSSR count). The smallest absolute Gasteiger partial charge is 0.337 e. The largest absolute Gasteiger partial charge is 0.425 e. The Balaban J connectivity index is 2.25. The highest BCUT2D eigenvalue weighted by Gasteiger charge is 2.10. The van der Waals surface area contributed by atoms with Gasteiger partial charge in [-0.05, 0) is 24.3 Å². The van der Waals surface area contributed by atoms with E-state index in [9.17, 15) is 13.2 Å². The molecular weight excluding hydrogens is 316 g/mol. The minimum absolute atomic E-state index is 0.150. The summed E-state index contributed by atoms with van der Waals surface area (Å²) >= 11 is 0. The van der Waals surface area contributed by atoms with Gasteiger partial charge in [-0.15, -0.1) is 0 Å². The van der Waals surface area contributed by atoms with E-state index < -0.39 is 16.1 Å². The number of carbonyl (C=O) groups excluding carboxylic acids is 1. The summed E-state index contributed by atoms with van der Waals surface area (Å²) in [4.78, 5) is 11.2. The summed E-state index contributed by atoms with van der Waals surface area (Å²) in [6.45, 7) is 1.25. The first-order chi connectivity index (χ1) is 10.4. The third-order valence-corrected chi connectivity index (χ3v) is 3.24. The SMILES string of the molecule is COCCOCCOCC(=O)Oc1ccc(S(=O)(=O)O)cc1. The highest BCUT2D eigenvalue weighted by atomic mass is 32.2. The predicted octanol–water partition coefficient (Wildman–Crippen LogP) is 0.518. The Morgan fingerprint density at radius 2 is 1.64 bits per heavy atom. The summed E-state index contributed by atoms with van der Waals surface area (Å²) in [5.41, 5.74) is 0. The molecule has 8 nitrogen and oxygen atoms in total. The summed E-state index contributed by atoms with van der Waals surface area (Å²) in [5.74, 6) is -0.478. The van der Waals surface area contributed by atoms with E-state index in [-0.39, 0.29) is 23.9 Å². The fourth-order valence-corrected chi connectivity index (χ4v) is 1.84. The second kappa shape index (κ2) is 9.49. The number of esters is 1. The fraction of sp³-hybridized carbons (Fsp3) is 0.462. The van der Waals surface area contributed by atoms with Gasteiger partial charge >= 0.3 is 5.97 Å². The first-order valence-corrected chi connectivity index (χ1v) is 7.80. The van der Waals surface area contributed by atoms with Crippen molar-refractivity contribution in [3.8, 4) is 5.75 Å². The molecule has 124 valence electrons. The monoisotopic (exact) mass is 334 g/mol. The van der Waals surface area contributed by atoms with Gasteiger partial charge in [-0.1, -0.05) is 0 Å². The second-order valence-corrected chi connectivity index (χ2v) is 5.50. The van der Waals surface area contributed by atoms with E-state index >= 15 is 0 Å². The molecule has 0 saturated heterocycles. The highest BCUT2D eigenvalue weighted by Crippen LogP contribution is 2.15. The van der Waals surface area contributed by atoms with Crippen LogP contribution in [0.4, 0.5) is 0 Å². The van der Waals surface area contributed by atoms with Gasteiger partial charge in [0.05, 0.1) is 31.3 Å². The minimum atomic E-state index is -4.26. The normalized spacial score (nSPS) is 11.4. The van der Waals surface area contributed by atoms with Crippen molar-refractivity contribution in [2.75, 3.05) is 40.1 Å². The third kappa shape index (κ3) is 7.48. The van der Waals surface area contributed by atoms with E-state index in [0.29, 0.717) is 19.8 Å². The lowest BCUT2D eigenvalue weighted by Gasteiger charge is -2.06. The van der Waals surface area contributed by atoms with Crippen LogP contribution in [0.2, 0.25) is 0 Å². The van der Waals surface area contributed by atoms with Crippen molar-refractivity contribution in [1.82, 2.24) is 0 Å². The van der Waals surface area contributed by atoms with Gasteiger partial charge in [0.1, 0.15) is 12.4 Å². The maximum Gasteiger partial charge on any atom is 0.337 e. The third-order valence-electron chi connectivity index (χ3n) is 2.38. The molecule has 0 aliphatic rings. The summed E-state index contributed by atoms with van der Waals surface area (Å²) in [6, 6.07) is 4.77. The molecule has 0 radical (unpaired) electrons. The van der Waals surface area contributed by atoms with Gasteiger partial charge in [0, 0.05) is 7.11 Å². The first kappa shape index (κ1) is 18.5. The number of methoxy groups -OCH3 is 1. The Hall–Kier alpha value is -1.52. The Morgan fingerprint density at radius 3 is 2.23 bits per heavy atom. The van der Waals surface area contributed by atoms with E-state index in [0.717, 1.165) is 12.1 Å². The highest BCUT2D eigenvalue weighted by molar-refractivity contribution is 7.85. The number of rotatable bonds is 10. The molecule has 0 amide bonds. The van der Waals surface area contributed by atoms with Crippen LogP contribution in [0.15, 0.2) is 29.2 Å². The predicted molar refractivity (Wildman–Crippen MR) is 75.4 cm³/mol. The van der Waals surface area contributed by atoms with Crippen LogP contribution in [0, 0.1) is 0 Å². The lowest BCUT2D eigenvalue weighted by molar-refractivity contribution is -0.140. The first-order valence-electron chi connectivity index (χ1n) is 6.36. The summed E-state index contributed by atoms with van der Waals surface area (Å²) in [6.07, 6.45) is 0. The van der Waals surface area contributed by atoms with Crippen LogP contribution in [0.5, 0.6) is 5.75 Å². The Labute approximate surface area is 128 Å². The molecule has 0 aromatic heterocycles. The summed E-state index contributed by atoms with van der Waals surface area (Å²) in [5, 5.41) is 0. The van der Waals surface area contributed by atoms with Gasteiger partial charge in [-0.25, -0.2) is 4.79 Å². The molecule has 22 heavy (non-hydrogen) atoms. The van der Waals surface area contributed by atoms with Crippen molar-refractivity contribution in [3.63, 3.8) is 0 Å². The lowest BCUT2D eigenvalue weighted by atomic mass is 10.3. The summed E-state index contributed by atoms with van der Waals surface area (Å²) < 4.78 is 50.4. The molecule has 1 aromatic rings. The molecule has 0 spiro atoms. The zero-order valence-corrected chi connectivity index (χ0v) is 12.9. The fourth-order valence-electron chi connectivity index (χ4n) is 1.36. The number of benzene rings is 1. The van der Waals surface area contributed by atoms with Crippen LogP contribution in [-0.4, -0.2) is 59.1 Å². The zero-order valence-electron chi connectivity index (χ0n) is 12.1. The number of carbonyl (C=O) groups is 1. The Morgan fingerprint density at radius 1 is 1.05 bits per heavy atom. The van der Waals surface area contributed by atoms with Crippen molar-refractivity contribution < 1.29 is 36.7 Å². The summed E-state index contributed by atoms with van der Waals surface area (Å²) in [7, 11) is -2.70.